The highest BCUT2D eigenvalue weighted by molar-refractivity contribution is 5.28. The van der Waals surface area contributed by atoms with Crippen LogP contribution in [0.5, 0.6) is 5.75 Å². The van der Waals surface area contributed by atoms with Gasteiger partial charge < -0.3 is 10.1 Å². The van der Waals surface area contributed by atoms with Crippen molar-refractivity contribution < 1.29 is 4.74 Å². The van der Waals surface area contributed by atoms with Crippen molar-refractivity contribution in [3.8, 4) is 5.75 Å². The number of hydrogen-bond acceptors (Lipinski definition) is 2. The molecule has 0 aromatic heterocycles. The molecule has 1 aromatic rings. The Labute approximate surface area is 117 Å². The maximum absolute atomic E-state index is 5.27. The van der Waals surface area contributed by atoms with E-state index in [0.717, 1.165) is 12.3 Å². The molecule has 2 nitrogen and oxygen atoms in total. The fourth-order valence-corrected chi connectivity index (χ4v) is 2.91. The summed E-state index contributed by atoms with van der Waals surface area (Å²) in [6.45, 7) is 5.75. The second-order valence-electron chi connectivity index (χ2n) is 6.52. The van der Waals surface area contributed by atoms with E-state index in [2.05, 4.69) is 37.4 Å². The highest BCUT2D eigenvalue weighted by Crippen LogP contribution is 2.33. The van der Waals surface area contributed by atoms with Crippen LogP contribution in [-0.4, -0.2) is 13.2 Å². The van der Waals surface area contributed by atoms with Gasteiger partial charge in [0.1, 0.15) is 5.75 Å². The van der Waals surface area contributed by atoms with Crippen molar-refractivity contribution in [3.05, 3.63) is 29.8 Å². The summed E-state index contributed by atoms with van der Waals surface area (Å²) in [5.74, 6) is 0.946. The second kappa shape index (κ2) is 6.42. The summed E-state index contributed by atoms with van der Waals surface area (Å²) in [4.78, 5) is 0. The summed E-state index contributed by atoms with van der Waals surface area (Å²) < 4.78 is 5.27. The zero-order valence-corrected chi connectivity index (χ0v) is 12.5. The summed E-state index contributed by atoms with van der Waals surface area (Å²) in [6.07, 6.45) is 6.67. The van der Waals surface area contributed by atoms with Crippen molar-refractivity contribution in [1.82, 2.24) is 5.32 Å². The van der Waals surface area contributed by atoms with E-state index >= 15 is 0 Å². The fourth-order valence-electron chi connectivity index (χ4n) is 2.91. The molecular formula is C17H27NO. The normalized spacial score (nSPS) is 22.8. The van der Waals surface area contributed by atoms with E-state index in [1.54, 1.807) is 7.11 Å². The SMILES string of the molecule is COc1cccc(CNC2CCCC(C)(C)CC2)c1. The van der Waals surface area contributed by atoms with Crippen LogP contribution >= 0.6 is 0 Å². The van der Waals surface area contributed by atoms with Crippen LogP contribution in [0.3, 0.4) is 0 Å². The molecular weight excluding hydrogens is 234 g/mol. The molecule has 1 fully saturated rings. The van der Waals surface area contributed by atoms with Gasteiger partial charge in [-0.05, 0) is 48.8 Å². The van der Waals surface area contributed by atoms with Gasteiger partial charge in [-0.25, -0.2) is 0 Å². The third-order valence-corrected chi connectivity index (χ3v) is 4.30. The third kappa shape index (κ3) is 4.54. The number of hydrogen-bond donors (Lipinski definition) is 1. The maximum Gasteiger partial charge on any atom is 0.119 e. The molecule has 1 atom stereocenters. The van der Waals surface area contributed by atoms with Crippen molar-refractivity contribution in [2.75, 3.05) is 7.11 Å². The first-order valence-corrected chi connectivity index (χ1v) is 7.45. The van der Waals surface area contributed by atoms with Gasteiger partial charge in [0, 0.05) is 12.6 Å². The molecule has 0 spiro atoms. The molecule has 1 aliphatic rings. The maximum atomic E-state index is 5.27. The van der Waals surface area contributed by atoms with Crippen molar-refractivity contribution in [3.63, 3.8) is 0 Å². The smallest absolute Gasteiger partial charge is 0.119 e. The lowest BCUT2D eigenvalue weighted by Gasteiger charge is -2.22. The van der Waals surface area contributed by atoms with E-state index in [4.69, 9.17) is 4.74 Å². The highest BCUT2D eigenvalue weighted by Gasteiger charge is 2.23. The second-order valence-corrected chi connectivity index (χ2v) is 6.52. The van der Waals surface area contributed by atoms with Crippen LogP contribution in [0.15, 0.2) is 24.3 Å². The summed E-state index contributed by atoms with van der Waals surface area (Å²) in [5.41, 5.74) is 1.84. The molecule has 2 heteroatoms. The van der Waals surface area contributed by atoms with E-state index in [9.17, 15) is 0 Å². The Hall–Kier alpha value is -1.02. The van der Waals surface area contributed by atoms with Gasteiger partial charge in [0.05, 0.1) is 7.11 Å². The monoisotopic (exact) mass is 261 g/mol. The largest absolute Gasteiger partial charge is 0.497 e. The number of benzene rings is 1. The predicted molar refractivity (Wildman–Crippen MR) is 80.5 cm³/mol. The minimum absolute atomic E-state index is 0.534. The van der Waals surface area contributed by atoms with Crippen LogP contribution in [0.1, 0.15) is 51.5 Å². The lowest BCUT2D eigenvalue weighted by Crippen LogP contribution is -2.28. The molecule has 19 heavy (non-hydrogen) atoms. The van der Waals surface area contributed by atoms with E-state index < -0.39 is 0 Å². The Morgan fingerprint density at radius 3 is 2.89 bits per heavy atom. The molecule has 0 saturated heterocycles. The predicted octanol–water partition coefficient (Wildman–Crippen LogP) is 4.14. The van der Waals surface area contributed by atoms with E-state index in [-0.39, 0.29) is 0 Å². The first-order valence-electron chi connectivity index (χ1n) is 7.45. The Morgan fingerprint density at radius 2 is 2.11 bits per heavy atom. The summed E-state index contributed by atoms with van der Waals surface area (Å²) >= 11 is 0. The zero-order valence-electron chi connectivity index (χ0n) is 12.5. The van der Waals surface area contributed by atoms with E-state index in [1.165, 1.54) is 37.7 Å². The van der Waals surface area contributed by atoms with Crippen LogP contribution in [0.4, 0.5) is 0 Å². The molecule has 2 rings (SSSR count). The molecule has 0 aliphatic heterocycles. The summed E-state index contributed by atoms with van der Waals surface area (Å²) in [5, 5.41) is 3.71. The van der Waals surface area contributed by atoms with Gasteiger partial charge in [-0.3, -0.25) is 0 Å². The minimum Gasteiger partial charge on any atom is -0.497 e. The van der Waals surface area contributed by atoms with E-state index in [1.807, 2.05) is 6.07 Å². The van der Waals surface area contributed by atoms with Crippen molar-refractivity contribution in [1.29, 1.82) is 0 Å². The van der Waals surface area contributed by atoms with E-state index in [0.29, 0.717) is 11.5 Å². The quantitative estimate of drug-likeness (QED) is 0.822. The number of methoxy groups -OCH3 is 1. The molecule has 0 radical (unpaired) electrons. The van der Waals surface area contributed by atoms with Crippen molar-refractivity contribution >= 4 is 0 Å². The van der Waals surface area contributed by atoms with Crippen LogP contribution in [0.25, 0.3) is 0 Å². The molecule has 106 valence electrons. The van der Waals surface area contributed by atoms with Gasteiger partial charge >= 0.3 is 0 Å². The minimum atomic E-state index is 0.534. The standard InChI is InChI=1S/C17H27NO/c1-17(2)10-5-7-15(9-11-17)18-13-14-6-4-8-16(12-14)19-3/h4,6,8,12,15,18H,5,7,9-11,13H2,1-3H3. The molecule has 1 unspecified atom stereocenters. The third-order valence-electron chi connectivity index (χ3n) is 4.30. The average molecular weight is 261 g/mol. The highest BCUT2D eigenvalue weighted by atomic mass is 16.5. The number of ether oxygens (including phenoxy) is 1. The molecule has 0 bridgehead atoms. The molecule has 1 aliphatic carbocycles. The van der Waals surface area contributed by atoms with Crippen molar-refractivity contribution in [2.24, 2.45) is 5.41 Å². The van der Waals surface area contributed by atoms with Crippen LogP contribution in [-0.2, 0) is 6.54 Å². The van der Waals surface area contributed by atoms with Crippen LogP contribution in [0.2, 0.25) is 0 Å². The van der Waals surface area contributed by atoms with Gasteiger partial charge in [0.2, 0.25) is 0 Å². The molecule has 0 heterocycles. The van der Waals surface area contributed by atoms with Gasteiger partial charge in [0.25, 0.3) is 0 Å². The first-order chi connectivity index (χ1) is 9.09. The summed E-state index contributed by atoms with van der Waals surface area (Å²) in [7, 11) is 1.72. The number of nitrogens with one attached hydrogen (secondary N) is 1. The van der Waals surface area contributed by atoms with Crippen LogP contribution < -0.4 is 10.1 Å². The van der Waals surface area contributed by atoms with Gasteiger partial charge in [0.15, 0.2) is 0 Å². The Balaban J connectivity index is 1.84. The molecule has 1 saturated carbocycles. The molecule has 0 amide bonds. The topological polar surface area (TPSA) is 21.3 Å². The van der Waals surface area contributed by atoms with Gasteiger partial charge in [-0.15, -0.1) is 0 Å². The zero-order chi connectivity index (χ0) is 13.7. The summed E-state index contributed by atoms with van der Waals surface area (Å²) in [6, 6.07) is 9.01. The Bertz CT molecular complexity index is 400. The molecule has 1 aromatic carbocycles. The fraction of sp³-hybridized carbons (Fsp3) is 0.647. The van der Waals surface area contributed by atoms with Crippen molar-refractivity contribution in [2.45, 2.75) is 58.5 Å². The average Bonchev–Trinajstić information content (AvgIpc) is 2.58. The van der Waals surface area contributed by atoms with Gasteiger partial charge in [-0.1, -0.05) is 32.4 Å². The van der Waals surface area contributed by atoms with Crippen LogP contribution in [0, 0.1) is 5.41 Å². The van der Waals surface area contributed by atoms with Gasteiger partial charge in [-0.2, -0.15) is 0 Å². The Kier molecular flexibility index (Phi) is 4.87. The molecule has 1 N–H and O–H groups in total. The Morgan fingerprint density at radius 1 is 1.26 bits per heavy atom. The number of rotatable bonds is 4. The first kappa shape index (κ1) is 14.4. The lowest BCUT2D eigenvalue weighted by atomic mass is 9.85. The lowest BCUT2D eigenvalue weighted by molar-refractivity contribution is 0.309.